The normalized spacial score (nSPS) is 17.7. The van der Waals surface area contributed by atoms with Crippen molar-refractivity contribution in [3.8, 4) is 5.75 Å². The predicted octanol–water partition coefficient (Wildman–Crippen LogP) is 3.12. The van der Waals surface area contributed by atoms with Crippen molar-refractivity contribution in [2.24, 2.45) is 0 Å². The maximum atomic E-state index is 11.9. The molecule has 6 heteroatoms. The van der Waals surface area contributed by atoms with E-state index in [2.05, 4.69) is 17.6 Å². The number of hydrogen-bond donors (Lipinski definition) is 2. The van der Waals surface area contributed by atoms with E-state index >= 15 is 0 Å². The van der Waals surface area contributed by atoms with Crippen LogP contribution in [-0.4, -0.2) is 29.4 Å². The van der Waals surface area contributed by atoms with Gasteiger partial charge in [-0.3, -0.25) is 9.59 Å². The molecule has 0 unspecified atom stereocenters. The summed E-state index contributed by atoms with van der Waals surface area (Å²) >= 11 is 1.64. The third-order valence-electron chi connectivity index (χ3n) is 3.66. The van der Waals surface area contributed by atoms with E-state index in [-0.39, 0.29) is 17.9 Å². The number of carbonyl (C=O) groups excluding carboxylic acids is 2. The van der Waals surface area contributed by atoms with E-state index < -0.39 is 6.10 Å². The van der Waals surface area contributed by atoms with E-state index in [4.69, 9.17) is 4.74 Å². The Kier molecular flexibility index (Phi) is 6.33. The number of rotatable bonds is 7. The lowest BCUT2D eigenvalue weighted by Gasteiger charge is -2.26. The summed E-state index contributed by atoms with van der Waals surface area (Å²) in [5, 5.41) is 5.84. The molecule has 0 radical (unpaired) electrons. The van der Waals surface area contributed by atoms with Gasteiger partial charge in [0.15, 0.2) is 6.10 Å². The van der Waals surface area contributed by atoms with E-state index in [0.717, 1.165) is 17.7 Å². The van der Waals surface area contributed by atoms with Crippen LogP contribution in [0.5, 0.6) is 5.75 Å². The lowest BCUT2D eigenvalue weighted by atomic mass is 10.1. The second-order valence-electron chi connectivity index (χ2n) is 5.60. The topological polar surface area (TPSA) is 67.4 Å². The van der Waals surface area contributed by atoms with Gasteiger partial charge in [-0.25, -0.2) is 0 Å². The number of fused-ring (bicyclic) bond motifs is 1. The Labute approximate surface area is 141 Å². The van der Waals surface area contributed by atoms with Gasteiger partial charge in [-0.2, -0.15) is 11.8 Å². The van der Waals surface area contributed by atoms with Gasteiger partial charge in [0, 0.05) is 0 Å². The van der Waals surface area contributed by atoms with E-state index in [9.17, 15) is 9.59 Å². The lowest BCUT2D eigenvalue weighted by molar-refractivity contribution is -0.123. The number of ether oxygens (including phenoxy) is 1. The molecule has 2 N–H and O–H groups in total. The van der Waals surface area contributed by atoms with Crippen molar-refractivity contribution in [1.82, 2.24) is 5.32 Å². The van der Waals surface area contributed by atoms with Crippen molar-refractivity contribution in [2.45, 2.75) is 45.8 Å². The average Bonchev–Trinajstić information content (AvgIpc) is 2.53. The molecular formula is C17H24N2O3S. The molecule has 0 aromatic heterocycles. The Morgan fingerprint density at radius 3 is 2.91 bits per heavy atom. The summed E-state index contributed by atoms with van der Waals surface area (Å²) in [7, 11) is 0. The Bertz CT molecular complexity index is 577. The minimum absolute atomic E-state index is 0.0364. The second-order valence-corrected chi connectivity index (χ2v) is 6.71. The first-order valence-electron chi connectivity index (χ1n) is 8.03. The maximum Gasteiger partial charge on any atom is 0.265 e. The monoisotopic (exact) mass is 336 g/mol. The molecular weight excluding hydrogens is 312 g/mol. The van der Waals surface area contributed by atoms with Gasteiger partial charge in [-0.1, -0.05) is 19.9 Å². The fourth-order valence-electron chi connectivity index (χ4n) is 2.37. The number of anilines is 1. The van der Waals surface area contributed by atoms with Crippen LogP contribution in [0.3, 0.4) is 0 Å². The van der Waals surface area contributed by atoms with Crippen molar-refractivity contribution in [3.05, 3.63) is 23.8 Å². The first kappa shape index (κ1) is 17.7. The number of benzene rings is 1. The Hall–Kier alpha value is -1.69. The smallest absolute Gasteiger partial charge is 0.265 e. The van der Waals surface area contributed by atoms with E-state index in [1.165, 1.54) is 0 Å². The summed E-state index contributed by atoms with van der Waals surface area (Å²) in [6.07, 6.45) is 1.24. The molecule has 1 aromatic rings. The van der Waals surface area contributed by atoms with Crippen molar-refractivity contribution in [1.29, 1.82) is 0 Å². The van der Waals surface area contributed by atoms with E-state index in [1.807, 2.05) is 32.0 Å². The van der Waals surface area contributed by atoms with Gasteiger partial charge in [-0.15, -0.1) is 0 Å². The Morgan fingerprint density at radius 1 is 1.43 bits per heavy atom. The quantitative estimate of drug-likeness (QED) is 0.751. The van der Waals surface area contributed by atoms with Crippen LogP contribution in [0.1, 0.15) is 45.2 Å². The van der Waals surface area contributed by atoms with Crippen LogP contribution in [0, 0.1) is 0 Å². The summed E-state index contributed by atoms with van der Waals surface area (Å²) in [5.41, 5.74) is 1.64. The zero-order valence-corrected chi connectivity index (χ0v) is 14.7. The number of amides is 2. The predicted molar refractivity (Wildman–Crippen MR) is 94.0 cm³/mol. The molecule has 0 saturated heterocycles. The summed E-state index contributed by atoms with van der Waals surface area (Å²) in [4.78, 5) is 23.7. The summed E-state index contributed by atoms with van der Waals surface area (Å²) in [6, 6.07) is 5.51. The first-order valence-corrected chi connectivity index (χ1v) is 9.19. The Morgan fingerprint density at radius 2 is 2.22 bits per heavy atom. The van der Waals surface area contributed by atoms with Crippen LogP contribution in [0.4, 0.5) is 5.69 Å². The first-order chi connectivity index (χ1) is 11.0. The molecule has 0 fully saturated rings. The highest BCUT2D eigenvalue weighted by molar-refractivity contribution is 7.99. The zero-order chi connectivity index (χ0) is 16.8. The molecule has 5 nitrogen and oxygen atoms in total. The molecule has 126 valence electrons. The largest absolute Gasteiger partial charge is 0.478 e. The van der Waals surface area contributed by atoms with Crippen LogP contribution in [0.15, 0.2) is 18.2 Å². The van der Waals surface area contributed by atoms with Crippen LogP contribution < -0.4 is 15.4 Å². The standard InChI is InChI=1S/C17H24N2O3S/c1-4-8-23-10-16(20)18-11(3)12-6-7-13-15(9-12)22-14(5-2)17(21)19-13/h6-7,9,11,14H,4-5,8,10H2,1-3H3,(H,18,20)(H,19,21)/t11-,14+/m1/s1. The molecule has 23 heavy (non-hydrogen) atoms. The third-order valence-corrected chi connectivity index (χ3v) is 4.82. The lowest BCUT2D eigenvalue weighted by Crippen LogP contribution is -2.36. The third kappa shape index (κ3) is 4.64. The molecule has 2 rings (SSSR count). The van der Waals surface area contributed by atoms with Crippen molar-refractivity contribution >= 4 is 29.3 Å². The summed E-state index contributed by atoms with van der Waals surface area (Å²) in [5.74, 6) is 2.06. The fraction of sp³-hybridized carbons (Fsp3) is 0.529. The molecule has 1 aliphatic rings. The van der Waals surface area contributed by atoms with E-state index in [1.54, 1.807) is 11.8 Å². The number of carbonyl (C=O) groups is 2. The van der Waals surface area contributed by atoms with Crippen LogP contribution in [0.2, 0.25) is 0 Å². The van der Waals surface area contributed by atoms with Crippen molar-refractivity contribution in [2.75, 3.05) is 16.8 Å². The van der Waals surface area contributed by atoms with Crippen LogP contribution >= 0.6 is 11.8 Å². The minimum Gasteiger partial charge on any atom is -0.478 e. The van der Waals surface area contributed by atoms with Gasteiger partial charge in [0.2, 0.25) is 5.91 Å². The highest BCUT2D eigenvalue weighted by Gasteiger charge is 2.26. The van der Waals surface area contributed by atoms with Crippen molar-refractivity contribution in [3.63, 3.8) is 0 Å². The fourth-order valence-corrected chi connectivity index (χ4v) is 3.08. The van der Waals surface area contributed by atoms with Gasteiger partial charge in [0.1, 0.15) is 5.75 Å². The minimum atomic E-state index is -0.451. The van der Waals surface area contributed by atoms with Crippen LogP contribution in [0.25, 0.3) is 0 Å². The molecule has 0 saturated carbocycles. The van der Waals surface area contributed by atoms with Gasteiger partial charge in [-0.05, 0) is 43.2 Å². The van der Waals surface area contributed by atoms with Crippen molar-refractivity contribution < 1.29 is 14.3 Å². The molecule has 0 bridgehead atoms. The molecule has 1 aromatic carbocycles. The molecule has 1 aliphatic heterocycles. The van der Waals surface area contributed by atoms with E-state index in [0.29, 0.717) is 23.6 Å². The average molecular weight is 336 g/mol. The van der Waals surface area contributed by atoms with Gasteiger partial charge < -0.3 is 15.4 Å². The molecule has 1 heterocycles. The summed E-state index contributed by atoms with van der Waals surface area (Å²) < 4.78 is 5.74. The Balaban J connectivity index is 2.01. The number of nitrogens with one attached hydrogen (secondary N) is 2. The van der Waals surface area contributed by atoms with Gasteiger partial charge >= 0.3 is 0 Å². The van der Waals surface area contributed by atoms with Gasteiger partial charge in [0.25, 0.3) is 5.91 Å². The highest BCUT2D eigenvalue weighted by atomic mass is 32.2. The van der Waals surface area contributed by atoms with Crippen LogP contribution in [-0.2, 0) is 9.59 Å². The SMILES string of the molecule is CCCSCC(=O)N[C@H](C)c1ccc2c(c1)O[C@@H](CC)C(=O)N2. The maximum absolute atomic E-state index is 11.9. The molecule has 2 amide bonds. The molecule has 0 spiro atoms. The highest BCUT2D eigenvalue weighted by Crippen LogP contribution is 2.32. The second kappa shape index (κ2) is 8.24. The van der Waals surface area contributed by atoms with Gasteiger partial charge in [0.05, 0.1) is 17.5 Å². The zero-order valence-electron chi connectivity index (χ0n) is 13.8. The summed E-state index contributed by atoms with van der Waals surface area (Å²) in [6.45, 7) is 5.96. The number of hydrogen-bond acceptors (Lipinski definition) is 4. The molecule has 0 aliphatic carbocycles. The number of thioether (sulfide) groups is 1. The molecule has 2 atom stereocenters.